The predicted octanol–water partition coefficient (Wildman–Crippen LogP) is 2.71. The Morgan fingerprint density at radius 3 is 2.59 bits per heavy atom. The second-order valence-corrected chi connectivity index (χ2v) is 4.52. The topological polar surface area (TPSA) is 42.4 Å². The Morgan fingerprint density at radius 1 is 1.23 bits per heavy atom. The summed E-state index contributed by atoms with van der Waals surface area (Å²) in [4.78, 5) is 17.4. The molecule has 1 amide bonds. The van der Waals surface area contributed by atoms with Crippen molar-refractivity contribution in [2.75, 3.05) is 19.1 Å². The van der Waals surface area contributed by atoms with Crippen LogP contribution in [-0.4, -0.2) is 25.0 Å². The Labute approximate surface area is 125 Å². The first-order valence-corrected chi connectivity index (χ1v) is 6.33. The van der Waals surface area contributed by atoms with Crippen molar-refractivity contribution in [2.45, 2.75) is 6.42 Å². The van der Waals surface area contributed by atoms with Gasteiger partial charge in [-0.05, 0) is 18.2 Å². The second kappa shape index (κ2) is 6.46. The molecule has 0 N–H and O–H groups in total. The van der Waals surface area contributed by atoms with E-state index in [9.17, 15) is 18.0 Å². The van der Waals surface area contributed by atoms with E-state index in [1.807, 2.05) is 0 Å². The van der Waals surface area contributed by atoms with Gasteiger partial charge < -0.3 is 4.74 Å². The molecule has 0 radical (unpaired) electrons. The highest BCUT2D eigenvalue weighted by Gasteiger charge is 2.19. The van der Waals surface area contributed by atoms with E-state index < -0.39 is 29.8 Å². The largest absolute Gasteiger partial charge is 0.493 e. The van der Waals surface area contributed by atoms with E-state index in [1.165, 1.54) is 25.3 Å². The van der Waals surface area contributed by atoms with E-state index in [2.05, 4.69) is 4.98 Å². The van der Waals surface area contributed by atoms with Crippen LogP contribution >= 0.6 is 0 Å². The molecule has 0 saturated carbocycles. The molecule has 22 heavy (non-hydrogen) atoms. The molecule has 2 aromatic rings. The number of rotatable bonds is 4. The number of hydrogen-bond donors (Lipinski definition) is 0. The summed E-state index contributed by atoms with van der Waals surface area (Å²) in [5.74, 6) is -3.41. The van der Waals surface area contributed by atoms with E-state index in [0.29, 0.717) is 17.9 Å². The molecule has 0 spiro atoms. The van der Waals surface area contributed by atoms with Gasteiger partial charge in [0.15, 0.2) is 23.2 Å². The first-order valence-electron chi connectivity index (χ1n) is 6.33. The lowest BCUT2D eigenvalue weighted by Crippen LogP contribution is -2.29. The fourth-order valence-electron chi connectivity index (χ4n) is 1.89. The van der Waals surface area contributed by atoms with E-state index in [1.54, 1.807) is 12.1 Å². The molecule has 1 aromatic heterocycles. The van der Waals surface area contributed by atoms with Gasteiger partial charge in [0, 0.05) is 24.9 Å². The quantitative estimate of drug-likeness (QED) is 0.816. The molecule has 0 unspecified atom stereocenters. The number of methoxy groups -OCH3 is 1. The molecule has 1 heterocycles. The second-order valence-electron chi connectivity index (χ2n) is 4.52. The number of halogens is 3. The smallest absolute Gasteiger partial charge is 0.232 e. The van der Waals surface area contributed by atoms with Crippen molar-refractivity contribution >= 4 is 11.7 Å². The van der Waals surface area contributed by atoms with Gasteiger partial charge in [-0.2, -0.15) is 0 Å². The molecule has 0 fully saturated rings. The molecule has 0 atom stereocenters. The van der Waals surface area contributed by atoms with Gasteiger partial charge in [-0.25, -0.2) is 18.2 Å². The standard InChI is InChI=1S/C15H13F3N2O2/c1-20(15-13(22-2)4-3-5-19-15)14(21)7-9-6-11(17)12(18)8-10(9)16/h3-6,8H,7H2,1-2H3. The number of benzene rings is 1. The molecule has 4 nitrogen and oxygen atoms in total. The van der Waals surface area contributed by atoms with Gasteiger partial charge in [-0.3, -0.25) is 9.69 Å². The van der Waals surface area contributed by atoms with Crippen molar-refractivity contribution in [1.82, 2.24) is 4.98 Å². The average molecular weight is 310 g/mol. The number of anilines is 1. The van der Waals surface area contributed by atoms with Gasteiger partial charge in [0.05, 0.1) is 13.5 Å². The van der Waals surface area contributed by atoms with E-state index in [4.69, 9.17) is 4.74 Å². The Kier molecular flexibility index (Phi) is 4.65. The fourth-order valence-corrected chi connectivity index (χ4v) is 1.89. The monoisotopic (exact) mass is 310 g/mol. The molecule has 1 aromatic carbocycles. The Balaban J connectivity index is 2.24. The van der Waals surface area contributed by atoms with Crippen molar-refractivity contribution in [1.29, 1.82) is 0 Å². The van der Waals surface area contributed by atoms with E-state index in [0.717, 1.165) is 0 Å². The zero-order chi connectivity index (χ0) is 16.3. The minimum atomic E-state index is -1.30. The lowest BCUT2D eigenvalue weighted by atomic mass is 10.1. The number of carbonyl (C=O) groups is 1. The lowest BCUT2D eigenvalue weighted by Gasteiger charge is -2.18. The Hall–Kier alpha value is -2.57. The summed E-state index contributed by atoms with van der Waals surface area (Å²) in [6.07, 6.45) is 1.04. The average Bonchev–Trinajstić information content (AvgIpc) is 2.51. The molecule has 0 bridgehead atoms. The van der Waals surface area contributed by atoms with Gasteiger partial charge in [-0.15, -0.1) is 0 Å². The third kappa shape index (κ3) is 3.19. The first kappa shape index (κ1) is 15.8. The SMILES string of the molecule is COc1cccnc1N(C)C(=O)Cc1cc(F)c(F)cc1F. The summed E-state index contributed by atoms with van der Waals surface area (Å²) < 4.78 is 44.7. The Morgan fingerprint density at radius 2 is 1.91 bits per heavy atom. The lowest BCUT2D eigenvalue weighted by molar-refractivity contribution is -0.117. The number of carbonyl (C=O) groups excluding carboxylic acids is 1. The molecule has 0 saturated heterocycles. The van der Waals surface area contributed by atoms with E-state index >= 15 is 0 Å². The van der Waals surface area contributed by atoms with Crippen molar-refractivity contribution in [3.63, 3.8) is 0 Å². The van der Waals surface area contributed by atoms with Crippen LogP contribution in [-0.2, 0) is 11.2 Å². The number of likely N-dealkylation sites (N-methyl/N-ethyl adjacent to an activating group) is 1. The van der Waals surface area contributed by atoms with Crippen LogP contribution in [0.15, 0.2) is 30.5 Å². The number of ether oxygens (including phenoxy) is 1. The highest BCUT2D eigenvalue weighted by Crippen LogP contribution is 2.24. The number of nitrogens with zero attached hydrogens (tertiary/aromatic N) is 2. The minimum Gasteiger partial charge on any atom is -0.493 e. The molecule has 2 rings (SSSR count). The first-order chi connectivity index (χ1) is 10.4. The molecular formula is C15H13F3N2O2. The minimum absolute atomic E-state index is 0.231. The van der Waals surface area contributed by atoms with Crippen molar-refractivity contribution in [3.8, 4) is 5.75 Å². The highest BCUT2D eigenvalue weighted by molar-refractivity contribution is 5.94. The molecule has 0 aliphatic carbocycles. The maximum atomic E-state index is 13.6. The van der Waals surface area contributed by atoms with Gasteiger partial charge >= 0.3 is 0 Å². The van der Waals surface area contributed by atoms with E-state index in [-0.39, 0.29) is 11.4 Å². The zero-order valence-electron chi connectivity index (χ0n) is 11.9. The van der Waals surface area contributed by atoms with Gasteiger partial charge in [0.2, 0.25) is 5.91 Å². The van der Waals surface area contributed by atoms with Crippen LogP contribution in [0.2, 0.25) is 0 Å². The summed E-state index contributed by atoms with van der Waals surface area (Å²) in [5.41, 5.74) is -0.231. The van der Waals surface area contributed by atoms with Crippen molar-refractivity contribution in [2.24, 2.45) is 0 Å². The molecular weight excluding hydrogens is 297 g/mol. The number of pyridine rings is 1. The van der Waals surface area contributed by atoms with Crippen LogP contribution < -0.4 is 9.64 Å². The fraction of sp³-hybridized carbons (Fsp3) is 0.200. The number of hydrogen-bond acceptors (Lipinski definition) is 3. The van der Waals surface area contributed by atoms with Crippen LogP contribution in [0.25, 0.3) is 0 Å². The van der Waals surface area contributed by atoms with Gasteiger partial charge in [0.25, 0.3) is 0 Å². The maximum Gasteiger partial charge on any atom is 0.232 e. The van der Waals surface area contributed by atoms with Gasteiger partial charge in [0.1, 0.15) is 5.82 Å². The Bertz CT molecular complexity index is 707. The third-order valence-electron chi connectivity index (χ3n) is 3.09. The predicted molar refractivity (Wildman–Crippen MR) is 74.2 cm³/mol. The van der Waals surface area contributed by atoms with Gasteiger partial charge in [-0.1, -0.05) is 0 Å². The van der Waals surface area contributed by atoms with Crippen LogP contribution in [0.3, 0.4) is 0 Å². The van der Waals surface area contributed by atoms with Crippen LogP contribution in [0.5, 0.6) is 5.75 Å². The van der Waals surface area contributed by atoms with Crippen molar-refractivity contribution < 1.29 is 22.7 Å². The zero-order valence-corrected chi connectivity index (χ0v) is 11.9. The number of amides is 1. The van der Waals surface area contributed by atoms with Crippen molar-refractivity contribution in [3.05, 3.63) is 53.5 Å². The normalized spacial score (nSPS) is 10.4. The van der Waals surface area contributed by atoms with Crippen LogP contribution in [0, 0.1) is 17.5 Å². The summed E-state index contributed by atoms with van der Waals surface area (Å²) in [6, 6.07) is 4.34. The maximum absolute atomic E-state index is 13.6. The third-order valence-corrected chi connectivity index (χ3v) is 3.09. The molecule has 0 aliphatic heterocycles. The number of aromatic nitrogens is 1. The summed E-state index contributed by atoms with van der Waals surface area (Å²) in [7, 11) is 2.86. The summed E-state index contributed by atoms with van der Waals surface area (Å²) in [6.45, 7) is 0. The highest BCUT2D eigenvalue weighted by atomic mass is 19.2. The van der Waals surface area contributed by atoms with Crippen LogP contribution in [0.4, 0.5) is 19.0 Å². The summed E-state index contributed by atoms with van der Waals surface area (Å²) in [5, 5.41) is 0. The summed E-state index contributed by atoms with van der Waals surface area (Å²) >= 11 is 0. The molecule has 0 aliphatic rings. The molecule has 7 heteroatoms. The van der Waals surface area contributed by atoms with Crippen LogP contribution in [0.1, 0.15) is 5.56 Å². The molecule has 116 valence electrons.